The van der Waals surface area contributed by atoms with Crippen molar-refractivity contribution in [2.45, 2.75) is 35.9 Å². The van der Waals surface area contributed by atoms with Gasteiger partial charge in [0.25, 0.3) is 10.0 Å². The number of hydrogen-bond acceptors (Lipinski definition) is 6. The summed E-state index contributed by atoms with van der Waals surface area (Å²) in [4.78, 5) is 10.5. The van der Waals surface area contributed by atoms with Crippen LogP contribution in [0.5, 0.6) is 0 Å². The number of alkyl halides is 3. The fourth-order valence-electron chi connectivity index (χ4n) is 2.97. The van der Waals surface area contributed by atoms with Crippen LogP contribution >= 0.6 is 0 Å². The van der Waals surface area contributed by atoms with E-state index in [1.807, 2.05) is 0 Å². The number of aliphatic carboxylic acids is 1. The van der Waals surface area contributed by atoms with Crippen molar-refractivity contribution in [3.05, 3.63) is 60.2 Å². The fourth-order valence-corrected chi connectivity index (χ4v) is 5.48. The van der Waals surface area contributed by atoms with Gasteiger partial charge in [-0.05, 0) is 42.7 Å². The summed E-state index contributed by atoms with van der Waals surface area (Å²) in [5.74, 6) is -4.47. The van der Waals surface area contributed by atoms with Gasteiger partial charge in [-0.15, -0.1) is 0 Å². The number of hydrogen-bond donors (Lipinski definition) is 4. The highest BCUT2D eigenvalue weighted by Crippen LogP contribution is 2.38. The monoisotopic (exact) mass is 507 g/mol. The third kappa shape index (κ3) is 8.02. The fraction of sp³-hybridized carbons (Fsp3) is 0.350. The van der Waals surface area contributed by atoms with Crippen LogP contribution in [0.15, 0.2) is 59.5 Å². The second kappa shape index (κ2) is 10.5. The highest BCUT2D eigenvalue weighted by atomic mass is 32.2. The lowest BCUT2D eigenvalue weighted by atomic mass is 9.96. The van der Waals surface area contributed by atoms with Crippen molar-refractivity contribution in [2.24, 2.45) is 5.73 Å². The SMILES string of the molecule is N=S(=O)(CCC(c1ccc(S(=O)(=O)Nc2ccccc2)cc1)C(F)(F)F)CC[C@H](N)C(=O)O. The lowest BCUT2D eigenvalue weighted by molar-refractivity contribution is -0.150. The molecule has 0 spiro atoms. The first kappa shape index (κ1) is 26.6. The number of carboxylic acid groups (broad SMARTS) is 1. The summed E-state index contributed by atoms with van der Waals surface area (Å²) in [7, 11) is -7.51. The molecule has 182 valence electrons. The number of rotatable bonds is 11. The van der Waals surface area contributed by atoms with E-state index in [4.69, 9.17) is 15.6 Å². The average Bonchev–Trinajstić information content (AvgIpc) is 2.72. The Kier molecular flexibility index (Phi) is 8.49. The zero-order chi connectivity index (χ0) is 24.9. The standard InChI is InChI=1S/C20H24F3N3O5S2/c21-20(22,23)17(10-12-32(25,29)13-11-18(24)19(27)28)14-6-8-16(9-7-14)33(30,31)26-15-4-2-1-3-5-15/h1-9,17-18,25-26H,10-13,24H2,(H,27,28)/t17?,18-,32?/m0/s1. The first-order chi connectivity index (χ1) is 15.2. The number of halogens is 3. The number of benzene rings is 2. The Morgan fingerprint density at radius 3 is 2.06 bits per heavy atom. The van der Waals surface area contributed by atoms with Crippen molar-refractivity contribution >= 4 is 31.4 Å². The van der Waals surface area contributed by atoms with Crippen molar-refractivity contribution in [1.82, 2.24) is 0 Å². The third-order valence-corrected chi connectivity index (χ3v) is 8.01. The van der Waals surface area contributed by atoms with Crippen molar-refractivity contribution < 1.29 is 35.7 Å². The van der Waals surface area contributed by atoms with Crippen LogP contribution in [0.1, 0.15) is 24.3 Å². The number of nitrogens with one attached hydrogen (secondary N) is 2. The van der Waals surface area contributed by atoms with Gasteiger partial charge in [-0.3, -0.25) is 14.3 Å². The number of nitrogens with two attached hydrogens (primary N) is 1. The predicted octanol–water partition coefficient (Wildman–Crippen LogP) is 3.37. The maximum Gasteiger partial charge on any atom is 0.395 e. The van der Waals surface area contributed by atoms with Crippen molar-refractivity contribution in [2.75, 3.05) is 16.2 Å². The lowest BCUT2D eigenvalue weighted by Crippen LogP contribution is -2.32. The molecule has 0 saturated heterocycles. The molecule has 5 N–H and O–H groups in total. The van der Waals surface area contributed by atoms with Crippen molar-refractivity contribution in [3.63, 3.8) is 0 Å². The largest absolute Gasteiger partial charge is 0.480 e. The van der Waals surface area contributed by atoms with Crippen LogP contribution < -0.4 is 10.5 Å². The maximum atomic E-state index is 13.6. The normalized spacial score (nSPS) is 15.9. The summed E-state index contributed by atoms with van der Waals surface area (Å²) < 4.78 is 88.2. The molecule has 0 saturated carbocycles. The average molecular weight is 508 g/mol. The zero-order valence-electron chi connectivity index (χ0n) is 17.3. The molecule has 2 rings (SSSR count). The van der Waals surface area contributed by atoms with E-state index in [9.17, 15) is 30.6 Å². The predicted molar refractivity (Wildman–Crippen MR) is 118 cm³/mol. The molecule has 8 nitrogen and oxygen atoms in total. The third-order valence-electron chi connectivity index (χ3n) is 4.83. The van der Waals surface area contributed by atoms with Crippen LogP contribution in [0.2, 0.25) is 0 Å². The van der Waals surface area contributed by atoms with Crippen molar-refractivity contribution in [1.29, 1.82) is 4.78 Å². The van der Waals surface area contributed by atoms with Crippen LogP contribution in [0.4, 0.5) is 18.9 Å². The molecule has 0 aromatic heterocycles. The van der Waals surface area contributed by atoms with Crippen LogP contribution in [-0.4, -0.2) is 47.4 Å². The van der Waals surface area contributed by atoms with E-state index < -0.39 is 61.8 Å². The molecular weight excluding hydrogens is 483 g/mol. The van der Waals surface area contributed by atoms with Crippen LogP contribution in [-0.2, 0) is 24.5 Å². The van der Waals surface area contributed by atoms with Gasteiger partial charge in [0, 0.05) is 26.9 Å². The minimum absolute atomic E-state index is 0.233. The summed E-state index contributed by atoms with van der Waals surface area (Å²) in [6.07, 6.45) is -5.70. The first-order valence-electron chi connectivity index (χ1n) is 9.68. The number of carbonyl (C=O) groups is 1. The van der Waals surface area contributed by atoms with Gasteiger partial charge in [-0.25, -0.2) is 12.6 Å². The highest BCUT2D eigenvalue weighted by Gasteiger charge is 2.41. The quantitative estimate of drug-likeness (QED) is 0.366. The van der Waals surface area contributed by atoms with Crippen LogP contribution in [0.25, 0.3) is 0 Å². The smallest absolute Gasteiger partial charge is 0.395 e. The Labute approximate surface area is 190 Å². The molecule has 2 aromatic carbocycles. The van der Waals surface area contributed by atoms with E-state index >= 15 is 0 Å². The maximum absolute atomic E-state index is 13.6. The molecule has 0 amide bonds. The second-order valence-electron chi connectivity index (χ2n) is 7.38. The molecule has 0 heterocycles. The molecule has 2 unspecified atom stereocenters. The molecule has 0 bridgehead atoms. The first-order valence-corrected chi connectivity index (χ1v) is 13.1. The Morgan fingerprint density at radius 1 is 1.00 bits per heavy atom. The topological polar surface area (TPSA) is 150 Å². The van der Waals surface area contributed by atoms with Crippen LogP contribution in [0, 0.1) is 4.78 Å². The zero-order valence-corrected chi connectivity index (χ0v) is 18.9. The molecule has 0 aliphatic carbocycles. The van der Waals surface area contributed by atoms with E-state index in [0.29, 0.717) is 5.69 Å². The Balaban J connectivity index is 2.15. The Bertz CT molecular complexity index is 1150. The minimum Gasteiger partial charge on any atom is -0.480 e. The molecule has 2 aromatic rings. The molecule has 0 aliphatic heterocycles. The molecule has 3 atom stereocenters. The lowest BCUT2D eigenvalue weighted by Gasteiger charge is -2.22. The Hall–Kier alpha value is -2.64. The van der Waals surface area contributed by atoms with Gasteiger partial charge in [0.05, 0.1) is 10.8 Å². The van der Waals surface area contributed by atoms with Crippen LogP contribution in [0.3, 0.4) is 0 Å². The van der Waals surface area contributed by atoms with E-state index in [-0.39, 0.29) is 16.9 Å². The number of carboxylic acids is 1. The molecule has 13 heteroatoms. The van der Waals surface area contributed by atoms with Crippen molar-refractivity contribution in [3.8, 4) is 0 Å². The minimum atomic E-state index is -4.73. The summed E-state index contributed by atoms with van der Waals surface area (Å²) in [5.41, 5.74) is 5.35. The molecular formula is C20H24F3N3O5S2. The molecule has 0 aliphatic rings. The van der Waals surface area contributed by atoms with Gasteiger partial charge in [0.15, 0.2) is 0 Å². The highest BCUT2D eigenvalue weighted by molar-refractivity contribution is 7.92. The summed E-state index contributed by atoms with van der Waals surface area (Å²) in [6, 6.07) is 10.8. The summed E-state index contributed by atoms with van der Waals surface area (Å²) in [6.45, 7) is 0. The van der Waals surface area contributed by atoms with Gasteiger partial charge in [-0.1, -0.05) is 30.3 Å². The molecule has 0 fully saturated rings. The van der Waals surface area contributed by atoms with E-state index in [1.165, 1.54) is 12.1 Å². The Morgan fingerprint density at radius 2 is 1.55 bits per heavy atom. The summed E-state index contributed by atoms with van der Waals surface area (Å²) >= 11 is 0. The molecule has 33 heavy (non-hydrogen) atoms. The number of para-hydroxylation sites is 1. The van der Waals surface area contributed by atoms with Gasteiger partial charge in [-0.2, -0.15) is 13.2 Å². The van der Waals surface area contributed by atoms with Gasteiger partial charge < -0.3 is 10.8 Å². The summed E-state index contributed by atoms with van der Waals surface area (Å²) in [5, 5.41) is 8.74. The molecule has 0 radical (unpaired) electrons. The van der Waals surface area contributed by atoms with Gasteiger partial charge >= 0.3 is 12.1 Å². The number of anilines is 1. The van der Waals surface area contributed by atoms with E-state index in [2.05, 4.69) is 4.72 Å². The van der Waals surface area contributed by atoms with E-state index in [0.717, 1.165) is 24.3 Å². The number of sulfonamides is 1. The van der Waals surface area contributed by atoms with E-state index in [1.54, 1.807) is 18.2 Å². The van der Waals surface area contributed by atoms with Gasteiger partial charge in [0.1, 0.15) is 6.04 Å². The second-order valence-corrected chi connectivity index (χ2v) is 11.5. The van der Waals surface area contributed by atoms with Gasteiger partial charge in [0.2, 0.25) is 0 Å².